The first kappa shape index (κ1) is 14.4. The van der Waals surface area contributed by atoms with Crippen molar-refractivity contribution in [1.82, 2.24) is 24.8 Å². The predicted molar refractivity (Wildman–Crippen MR) is 83.6 cm³/mol. The number of fused-ring (bicyclic) bond motifs is 1. The smallest absolute Gasteiger partial charge is 0.232 e. The molecular formula is C12H15ClN6OS. The number of nitrogens with zero attached hydrogens (tertiary/aromatic N) is 4. The maximum absolute atomic E-state index is 11.7. The summed E-state index contributed by atoms with van der Waals surface area (Å²) in [5, 5.41) is 5.95. The van der Waals surface area contributed by atoms with Gasteiger partial charge in [-0.15, -0.1) is 11.8 Å². The quantitative estimate of drug-likeness (QED) is 0.834. The number of amides is 1. The number of anilines is 1. The lowest BCUT2D eigenvalue weighted by Crippen LogP contribution is -2.27. The molecule has 0 radical (unpaired) electrons. The fourth-order valence-electron chi connectivity index (χ4n) is 2.45. The molecule has 2 aromatic heterocycles. The Bertz CT molecular complexity index is 690. The molecule has 1 aliphatic heterocycles. The van der Waals surface area contributed by atoms with E-state index >= 15 is 0 Å². The monoisotopic (exact) mass is 326 g/mol. The van der Waals surface area contributed by atoms with Crippen LogP contribution in [0.2, 0.25) is 5.28 Å². The largest absolute Gasteiger partial charge is 0.371 e. The van der Waals surface area contributed by atoms with Gasteiger partial charge in [-0.2, -0.15) is 9.97 Å². The van der Waals surface area contributed by atoms with Gasteiger partial charge in [0.25, 0.3) is 0 Å². The highest BCUT2D eigenvalue weighted by atomic mass is 35.5. The molecule has 2 aromatic rings. The Labute approximate surface area is 130 Å². The van der Waals surface area contributed by atoms with Crippen molar-refractivity contribution in [2.45, 2.75) is 23.5 Å². The third kappa shape index (κ3) is 2.53. The van der Waals surface area contributed by atoms with Crippen molar-refractivity contribution >= 4 is 46.3 Å². The number of aromatic nitrogens is 4. The van der Waals surface area contributed by atoms with E-state index in [9.17, 15) is 4.79 Å². The maximum Gasteiger partial charge on any atom is 0.232 e. The van der Waals surface area contributed by atoms with Crippen LogP contribution in [0.4, 0.5) is 5.82 Å². The van der Waals surface area contributed by atoms with E-state index in [1.807, 2.05) is 4.57 Å². The molecule has 0 bridgehead atoms. The van der Waals surface area contributed by atoms with E-state index in [1.165, 1.54) is 0 Å². The first-order valence-corrected chi connectivity index (χ1v) is 7.91. The van der Waals surface area contributed by atoms with Gasteiger partial charge in [-0.1, -0.05) is 0 Å². The molecule has 9 heteroatoms. The molecule has 7 nitrogen and oxygen atoms in total. The summed E-state index contributed by atoms with van der Waals surface area (Å²) in [6.45, 7) is 0. The van der Waals surface area contributed by atoms with Crippen LogP contribution in [0.5, 0.6) is 0 Å². The zero-order valence-electron chi connectivity index (χ0n) is 11.6. The summed E-state index contributed by atoms with van der Waals surface area (Å²) in [6.07, 6.45) is 3.47. The molecule has 2 atom stereocenters. The number of imidazole rings is 1. The summed E-state index contributed by atoms with van der Waals surface area (Å²) in [5.41, 5.74) is 1.38. The predicted octanol–water partition coefficient (Wildman–Crippen LogP) is 1.66. The SMILES string of the molecule is CNC(=O)C1CCC(n2cnc3c(NC)nc(Cl)nc32)S1. The zero-order valence-corrected chi connectivity index (χ0v) is 13.2. The molecule has 1 saturated heterocycles. The van der Waals surface area contributed by atoms with Crippen molar-refractivity contribution in [1.29, 1.82) is 0 Å². The molecule has 3 heterocycles. The summed E-state index contributed by atoms with van der Waals surface area (Å²) in [6, 6.07) is 0. The van der Waals surface area contributed by atoms with Gasteiger partial charge < -0.3 is 15.2 Å². The lowest BCUT2D eigenvalue weighted by molar-refractivity contribution is -0.120. The summed E-state index contributed by atoms with van der Waals surface area (Å²) < 4.78 is 1.97. The zero-order chi connectivity index (χ0) is 15.0. The number of nitrogens with one attached hydrogen (secondary N) is 2. The lowest BCUT2D eigenvalue weighted by Gasteiger charge is -2.13. The first-order valence-electron chi connectivity index (χ1n) is 6.59. The van der Waals surface area contributed by atoms with Crippen molar-refractivity contribution in [3.05, 3.63) is 11.6 Å². The van der Waals surface area contributed by atoms with E-state index in [0.29, 0.717) is 17.0 Å². The number of rotatable bonds is 3. The average Bonchev–Trinajstić information content (AvgIpc) is 3.11. The maximum atomic E-state index is 11.7. The Morgan fingerprint density at radius 2 is 2.24 bits per heavy atom. The molecule has 0 aliphatic carbocycles. The van der Waals surface area contributed by atoms with Crippen molar-refractivity contribution in [2.75, 3.05) is 19.4 Å². The van der Waals surface area contributed by atoms with Gasteiger partial charge in [0.15, 0.2) is 17.0 Å². The highest BCUT2D eigenvalue weighted by molar-refractivity contribution is 8.00. The van der Waals surface area contributed by atoms with Crippen LogP contribution >= 0.6 is 23.4 Å². The number of hydrogen-bond donors (Lipinski definition) is 2. The normalized spacial score (nSPS) is 21.7. The Kier molecular flexibility index (Phi) is 3.90. The van der Waals surface area contributed by atoms with Gasteiger partial charge in [0, 0.05) is 14.1 Å². The Balaban J connectivity index is 1.95. The van der Waals surface area contributed by atoms with Gasteiger partial charge in [-0.25, -0.2) is 4.98 Å². The molecule has 2 N–H and O–H groups in total. The molecule has 1 amide bonds. The molecule has 112 valence electrons. The van der Waals surface area contributed by atoms with Gasteiger partial charge in [0.05, 0.1) is 17.0 Å². The van der Waals surface area contributed by atoms with Crippen LogP contribution in [0, 0.1) is 0 Å². The van der Waals surface area contributed by atoms with Crippen LogP contribution in [0.25, 0.3) is 11.2 Å². The highest BCUT2D eigenvalue weighted by Gasteiger charge is 2.32. The third-order valence-corrected chi connectivity index (χ3v) is 5.20. The number of carbonyl (C=O) groups excluding carboxylic acids is 1. The molecule has 0 spiro atoms. The summed E-state index contributed by atoms with van der Waals surface area (Å²) in [5.74, 6) is 0.671. The van der Waals surface area contributed by atoms with E-state index in [4.69, 9.17) is 11.6 Å². The van der Waals surface area contributed by atoms with Crippen LogP contribution in [0.15, 0.2) is 6.33 Å². The number of thioether (sulfide) groups is 1. The van der Waals surface area contributed by atoms with E-state index in [1.54, 1.807) is 32.2 Å². The van der Waals surface area contributed by atoms with E-state index in [-0.39, 0.29) is 21.8 Å². The second-order valence-corrected chi connectivity index (χ2v) is 6.41. The van der Waals surface area contributed by atoms with Crippen molar-refractivity contribution in [2.24, 2.45) is 0 Å². The van der Waals surface area contributed by atoms with Crippen LogP contribution in [0.1, 0.15) is 18.2 Å². The van der Waals surface area contributed by atoms with Crippen LogP contribution in [-0.4, -0.2) is 44.8 Å². The van der Waals surface area contributed by atoms with Crippen molar-refractivity contribution < 1.29 is 4.79 Å². The fraction of sp³-hybridized carbons (Fsp3) is 0.500. The molecular weight excluding hydrogens is 312 g/mol. The van der Waals surface area contributed by atoms with Crippen molar-refractivity contribution in [3.8, 4) is 0 Å². The average molecular weight is 327 g/mol. The van der Waals surface area contributed by atoms with Crippen LogP contribution < -0.4 is 10.6 Å². The molecule has 21 heavy (non-hydrogen) atoms. The molecule has 3 rings (SSSR count). The second-order valence-electron chi connectivity index (χ2n) is 4.69. The number of halogens is 1. The van der Waals surface area contributed by atoms with Gasteiger partial charge in [0.1, 0.15) is 0 Å². The lowest BCUT2D eigenvalue weighted by atomic mass is 10.2. The van der Waals surface area contributed by atoms with Crippen LogP contribution in [0.3, 0.4) is 0 Å². The van der Waals surface area contributed by atoms with Gasteiger partial charge in [-0.05, 0) is 24.4 Å². The number of hydrogen-bond acceptors (Lipinski definition) is 6. The van der Waals surface area contributed by atoms with Crippen LogP contribution in [-0.2, 0) is 4.79 Å². The van der Waals surface area contributed by atoms with Gasteiger partial charge in [0.2, 0.25) is 11.2 Å². The molecule has 2 unspecified atom stereocenters. The molecule has 0 aromatic carbocycles. The minimum Gasteiger partial charge on any atom is -0.371 e. The van der Waals surface area contributed by atoms with E-state index in [2.05, 4.69) is 25.6 Å². The highest BCUT2D eigenvalue weighted by Crippen LogP contribution is 2.42. The van der Waals surface area contributed by atoms with Gasteiger partial charge in [-0.3, -0.25) is 4.79 Å². The minimum absolute atomic E-state index is 0.0291. The van der Waals surface area contributed by atoms with E-state index < -0.39 is 0 Å². The number of carbonyl (C=O) groups is 1. The summed E-state index contributed by atoms with van der Waals surface area (Å²) >= 11 is 7.59. The Morgan fingerprint density at radius 3 is 2.95 bits per heavy atom. The fourth-order valence-corrected chi connectivity index (χ4v) is 4.07. The minimum atomic E-state index is -0.0291. The standard InChI is InChI=1S/C12H15ClN6OS/c1-14-9-8-10(18-12(13)17-9)19(5-16-8)7-4-3-6(21-7)11(20)15-2/h5-7H,3-4H2,1-2H3,(H,15,20)(H,14,17,18). The topological polar surface area (TPSA) is 84.7 Å². The second kappa shape index (κ2) is 5.69. The van der Waals surface area contributed by atoms with Gasteiger partial charge >= 0.3 is 0 Å². The van der Waals surface area contributed by atoms with Crippen molar-refractivity contribution in [3.63, 3.8) is 0 Å². The Hall–Kier alpha value is -1.54. The van der Waals surface area contributed by atoms with E-state index in [0.717, 1.165) is 12.8 Å². The molecule has 1 aliphatic rings. The third-order valence-electron chi connectivity index (χ3n) is 3.48. The molecule has 0 saturated carbocycles. The Morgan fingerprint density at radius 1 is 1.43 bits per heavy atom. The first-order chi connectivity index (χ1) is 10.1. The summed E-state index contributed by atoms with van der Waals surface area (Å²) in [7, 11) is 3.43. The molecule has 1 fully saturated rings. The summed E-state index contributed by atoms with van der Waals surface area (Å²) in [4.78, 5) is 24.5.